The van der Waals surface area contributed by atoms with Gasteiger partial charge >= 0.3 is 7.60 Å². The quantitative estimate of drug-likeness (QED) is 0.537. The molecule has 0 bridgehead atoms. The van der Waals surface area contributed by atoms with Gasteiger partial charge in [-0.1, -0.05) is 18.1 Å². The van der Waals surface area contributed by atoms with Crippen LogP contribution in [0.4, 0.5) is 0 Å². The van der Waals surface area contributed by atoms with Crippen molar-refractivity contribution in [3.63, 3.8) is 0 Å². The molecule has 22 heavy (non-hydrogen) atoms. The topological polar surface area (TPSA) is 54.0 Å². The summed E-state index contributed by atoms with van der Waals surface area (Å²) in [6.45, 7) is 5.75. The second kappa shape index (κ2) is 8.60. The van der Waals surface area contributed by atoms with Crippen molar-refractivity contribution in [2.75, 3.05) is 32.6 Å². The maximum atomic E-state index is 12.8. The highest BCUT2D eigenvalue weighted by molar-refractivity contribution is 7.54. The molecule has 128 valence electrons. The van der Waals surface area contributed by atoms with E-state index >= 15 is 0 Å². The normalized spacial score (nSPS) is 25.3. The minimum atomic E-state index is -3.07. The van der Waals surface area contributed by atoms with Crippen LogP contribution in [0, 0.1) is 0 Å². The average Bonchev–Trinajstić information content (AvgIpc) is 2.94. The molecule has 6 heteroatoms. The molecule has 1 aliphatic carbocycles. The Labute approximate surface area is 133 Å². The molecule has 1 heterocycles. The van der Waals surface area contributed by atoms with Crippen molar-refractivity contribution in [2.45, 2.75) is 58.2 Å². The number of hydrogen-bond donors (Lipinski definition) is 0. The van der Waals surface area contributed by atoms with Crippen molar-refractivity contribution in [3.05, 3.63) is 11.6 Å². The van der Waals surface area contributed by atoms with Crippen LogP contribution < -0.4 is 0 Å². The van der Waals surface area contributed by atoms with Gasteiger partial charge in [0, 0.05) is 12.8 Å². The molecular weight excluding hydrogens is 303 g/mol. The van der Waals surface area contributed by atoms with E-state index in [9.17, 15) is 4.57 Å². The van der Waals surface area contributed by atoms with Crippen molar-refractivity contribution in [2.24, 2.45) is 0 Å². The van der Waals surface area contributed by atoms with Crippen LogP contribution in [-0.4, -0.2) is 38.4 Å². The summed E-state index contributed by atoms with van der Waals surface area (Å²) in [6.07, 6.45) is 8.51. The van der Waals surface area contributed by atoms with Gasteiger partial charge in [-0.2, -0.15) is 0 Å². The molecule has 0 atom stereocenters. The Kier molecular flexibility index (Phi) is 7.10. The monoisotopic (exact) mass is 332 g/mol. The third-order valence-corrected chi connectivity index (χ3v) is 6.15. The Morgan fingerprint density at radius 3 is 2.45 bits per heavy atom. The van der Waals surface area contributed by atoms with E-state index in [1.165, 1.54) is 6.42 Å². The molecular formula is C16H29O5P. The molecule has 2 rings (SSSR count). The van der Waals surface area contributed by atoms with E-state index in [1.807, 2.05) is 13.8 Å². The Balaban J connectivity index is 2.12. The van der Waals surface area contributed by atoms with Crippen LogP contribution in [0.25, 0.3) is 0 Å². The van der Waals surface area contributed by atoms with Gasteiger partial charge in [-0.3, -0.25) is 4.57 Å². The second-order valence-electron chi connectivity index (χ2n) is 5.85. The van der Waals surface area contributed by atoms with E-state index in [-0.39, 0.29) is 0 Å². The summed E-state index contributed by atoms with van der Waals surface area (Å²) in [6, 6.07) is 0. The van der Waals surface area contributed by atoms with Crippen LogP contribution in [0.1, 0.15) is 52.4 Å². The van der Waals surface area contributed by atoms with E-state index in [2.05, 4.69) is 6.08 Å². The van der Waals surface area contributed by atoms with E-state index in [1.54, 1.807) is 0 Å². The van der Waals surface area contributed by atoms with E-state index in [0.717, 1.165) is 31.3 Å². The van der Waals surface area contributed by atoms with Gasteiger partial charge in [-0.05, 0) is 33.1 Å². The highest BCUT2D eigenvalue weighted by Gasteiger charge is 2.38. The van der Waals surface area contributed by atoms with Crippen molar-refractivity contribution >= 4 is 7.60 Å². The molecule has 0 radical (unpaired) electrons. The van der Waals surface area contributed by atoms with Crippen molar-refractivity contribution < 1.29 is 23.1 Å². The largest absolute Gasteiger partial charge is 0.347 e. The lowest BCUT2D eigenvalue weighted by atomic mass is 10.0. The first kappa shape index (κ1) is 18.2. The number of rotatable bonds is 6. The lowest BCUT2D eigenvalue weighted by molar-refractivity contribution is -0.161. The van der Waals surface area contributed by atoms with Gasteiger partial charge in [0.1, 0.15) is 0 Å². The minimum absolute atomic E-state index is 0.336. The first-order chi connectivity index (χ1) is 10.6. The Bertz CT molecular complexity index is 405. The molecule has 0 aromatic carbocycles. The second-order valence-corrected chi connectivity index (χ2v) is 7.91. The third kappa shape index (κ3) is 5.17. The van der Waals surface area contributed by atoms with Gasteiger partial charge in [0.25, 0.3) is 0 Å². The molecule has 0 unspecified atom stereocenters. The van der Waals surface area contributed by atoms with Crippen molar-refractivity contribution in [1.82, 2.24) is 0 Å². The predicted molar refractivity (Wildman–Crippen MR) is 86.1 cm³/mol. The molecule has 2 aliphatic rings. The van der Waals surface area contributed by atoms with E-state index in [0.29, 0.717) is 39.0 Å². The highest BCUT2D eigenvalue weighted by atomic mass is 31.2. The molecule has 0 aromatic rings. The summed E-state index contributed by atoms with van der Waals surface area (Å²) in [4.78, 5) is 0. The molecule has 5 nitrogen and oxygen atoms in total. The van der Waals surface area contributed by atoms with Crippen molar-refractivity contribution in [3.8, 4) is 0 Å². The Morgan fingerprint density at radius 1 is 1.14 bits per heavy atom. The van der Waals surface area contributed by atoms with Gasteiger partial charge in [-0.15, -0.1) is 0 Å². The lowest BCUT2D eigenvalue weighted by Gasteiger charge is -2.29. The first-order valence-corrected chi connectivity index (χ1v) is 10.2. The number of hydrogen-bond acceptors (Lipinski definition) is 5. The Morgan fingerprint density at radius 2 is 1.82 bits per heavy atom. The van der Waals surface area contributed by atoms with Crippen LogP contribution in [0.5, 0.6) is 0 Å². The van der Waals surface area contributed by atoms with Crippen molar-refractivity contribution in [1.29, 1.82) is 0 Å². The summed E-state index contributed by atoms with van der Waals surface area (Å²) in [5.41, 5.74) is 1.08. The zero-order valence-electron chi connectivity index (χ0n) is 13.8. The van der Waals surface area contributed by atoms with Gasteiger partial charge in [0.15, 0.2) is 5.79 Å². The fourth-order valence-corrected chi connectivity index (χ4v) is 4.94. The third-order valence-electron chi connectivity index (χ3n) is 4.05. The molecule has 0 amide bonds. The van der Waals surface area contributed by atoms with Gasteiger partial charge in [0.05, 0.1) is 32.6 Å². The van der Waals surface area contributed by atoms with Gasteiger partial charge < -0.3 is 18.5 Å². The summed E-state index contributed by atoms with van der Waals surface area (Å²) < 4.78 is 35.5. The molecule has 1 fully saturated rings. The number of allylic oxidation sites excluding steroid dienone is 1. The Hall–Kier alpha value is -0.190. The fraction of sp³-hybridized carbons (Fsp3) is 0.875. The summed E-state index contributed by atoms with van der Waals surface area (Å²) in [5, 5.41) is 0. The van der Waals surface area contributed by atoms with Gasteiger partial charge in [0.2, 0.25) is 0 Å². The molecule has 0 N–H and O–H groups in total. The summed E-state index contributed by atoms with van der Waals surface area (Å²) in [7, 11) is -3.07. The summed E-state index contributed by atoms with van der Waals surface area (Å²) >= 11 is 0. The number of ether oxygens (including phenoxy) is 2. The SMILES string of the molecule is CCOP(=O)(C/C1=C/CCCCCC2(C1)OCCO2)OCC. The fourth-order valence-electron chi connectivity index (χ4n) is 3.16. The highest BCUT2D eigenvalue weighted by Crippen LogP contribution is 2.51. The average molecular weight is 332 g/mol. The minimum Gasteiger partial charge on any atom is -0.347 e. The van der Waals surface area contributed by atoms with E-state index in [4.69, 9.17) is 18.5 Å². The molecule has 1 spiro atoms. The zero-order chi connectivity index (χ0) is 15.9. The predicted octanol–water partition coefficient (Wildman–Crippen LogP) is 4.28. The first-order valence-electron chi connectivity index (χ1n) is 8.45. The zero-order valence-corrected chi connectivity index (χ0v) is 14.7. The van der Waals surface area contributed by atoms with Crippen LogP contribution in [-0.2, 0) is 23.1 Å². The molecule has 1 saturated heterocycles. The smallest absolute Gasteiger partial charge is 0.334 e. The lowest BCUT2D eigenvalue weighted by Crippen LogP contribution is -2.31. The van der Waals surface area contributed by atoms with E-state index < -0.39 is 13.4 Å². The maximum Gasteiger partial charge on any atom is 0.334 e. The summed E-state index contributed by atoms with van der Waals surface area (Å²) in [5.74, 6) is -0.528. The molecule has 1 aliphatic heterocycles. The van der Waals surface area contributed by atoms with Crippen LogP contribution in [0.3, 0.4) is 0 Å². The standard InChI is InChI=1S/C16H29O5P/c1-3-20-22(17,21-4-2)14-15-9-7-5-6-8-10-16(13-15)18-11-12-19-16/h9H,3-8,10-14H2,1-2H3/b15-9+. The molecule has 0 saturated carbocycles. The van der Waals surface area contributed by atoms with Crippen LogP contribution in [0.15, 0.2) is 11.6 Å². The van der Waals surface area contributed by atoms with Crippen LogP contribution in [0.2, 0.25) is 0 Å². The van der Waals surface area contributed by atoms with Gasteiger partial charge in [-0.25, -0.2) is 0 Å². The van der Waals surface area contributed by atoms with Crippen LogP contribution >= 0.6 is 7.60 Å². The molecule has 0 aromatic heterocycles. The maximum absolute atomic E-state index is 12.8.